The van der Waals surface area contributed by atoms with Gasteiger partial charge in [-0.3, -0.25) is 19.2 Å². The van der Waals surface area contributed by atoms with Gasteiger partial charge in [-0.2, -0.15) is 0 Å². The number of carboxylic acids is 4. The third kappa shape index (κ3) is 124. The first-order valence-electron chi connectivity index (χ1n) is 6.68. The van der Waals surface area contributed by atoms with Gasteiger partial charge in [-0.25, -0.2) is 0 Å². The topological polar surface area (TPSA) is 149 Å². The molecule has 8 nitrogen and oxygen atoms in total. The molecule has 0 radical (unpaired) electrons. The number of hydrogen-bond acceptors (Lipinski definition) is 4. The Morgan fingerprint density at radius 2 is 0.875 bits per heavy atom. The van der Waals surface area contributed by atoms with E-state index in [4.69, 9.17) is 39.6 Å². The predicted octanol–water partition coefficient (Wildman–Crippen LogP) is 2.61. The zero-order chi connectivity index (χ0) is 20.1. The fourth-order valence-corrected chi connectivity index (χ4v) is 0.714. The van der Waals surface area contributed by atoms with E-state index in [-0.39, 0.29) is 0 Å². The fraction of sp³-hybridized carbons (Fsp3) is 0.375. The van der Waals surface area contributed by atoms with Gasteiger partial charge in [-0.1, -0.05) is 37.3 Å². The summed E-state index contributed by atoms with van der Waals surface area (Å²) >= 11 is 0. The summed E-state index contributed by atoms with van der Waals surface area (Å²) in [7, 11) is 0. The highest BCUT2D eigenvalue weighted by molar-refractivity contribution is 5.63. The lowest BCUT2D eigenvalue weighted by atomic mass is 10.2. The Balaban J connectivity index is -0.000000110. The van der Waals surface area contributed by atoms with Crippen LogP contribution in [0.2, 0.25) is 0 Å². The Labute approximate surface area is 141 Å². The molecule has 0 spiro atoms. The number of aryl methyl sites for hydroxylation is 1. The molecule has 0 saturated carbocycles. The minimum absolute atomic E-state index is 0.833. The second-order valence-corrected chi connectivity index (χ2v) is 3.92. The molecule has 8 heteroatoms. The van der Waals surface area contributed by atoms with Gasteiger partial charge in [0.25, 0.3) is 23.9 Å². The molecule has 0 aliphatic rings. The molecule has 0 bridgehead atoms. The van der Waals surface area contributed by atoms with Crippen molar-refractivity contribution in [1.82, 2.24) is 0 Å². The van der Waals surface area contributed by atoms with Crippen LogP contribution in [0.4, 0.5) is 0 Å². The largest absolute Gasteiger partial charge is 0.481 e. The summed E-state index contributed by atoms with van der Waals surface area (Å²) in [5.74, 6) is -3.33. The van der Waals surface area contributed by atoms with Gasteiger partial charge in [0.1, 0.15) is 0 Å². The van der Waals surface area contributed by atoms with Crippen LogP contribution in [-0.4, -0.2) is 44.3 Å². The zero-order valence-electron chi connectivity index (χ0n) is 14.5. The van der Waals surface area contributed by atoms with E-state index in [2.05, 4.69) is 31.2 Å². The quantitative estimate of drug-likeness (QED) is 0.606. The molecule has 4 N–H and O–H groups in total. The van der Waals surface area contributed by atoms with Crippen molar-refractivity contribution in [3.63, 3.8) is 0 Å². The van der Waals surface area contributed by atoms with Gasteiger partial charge in [0.05, 0.1) is 0 Å². The van der Waals surface area contributed by atoms with E-state index in [0.29, 0.717) is 0 Å². The number of carboxylic acid groups (broad SMARTS) is 4. The molecule has 0 aliphatic carbocycles. The highest BCUT2D eigenvalue weighted by Gasteiger charge is 1.80. The molecular weight excluding hydrogens is 320 g/mol. The van der Waals surface area contributed by atoms with E-state index in [1.165, 1.54) is 5.56 Å². The molecule has 0 saturated heterocycles. The lowest BCUT2D eigenvalue weighted by molar-refractivity contribution is -0.135. The van der Waals surface area contributed by atoms with Crippen LogP contribution >= 0.6 is 0 Å². The number of benzene rings is 1. The van der Waals surface area contributed by atoms with Crippen molar-refractivity contribution < 1.29 is 39.6 Å². The highest BCUT2D eigenvalue weighted by Crippen LogP contribution is 1.96. The van der Waals surface area contributed by atoms with E-state index >= 15 is 0 Å². The number of hydrogen-bond donors (Lipinski definition) is 4. The van der Waals surface area contributed by atoms with Gasteiger partial charge < -0.3 is 20.4 Å². The highest BCUT2D eigenvalue weighted by atomic mass is 16.4. The summed E-state index contributed by atoms with van der Waals surface area (Å²) in [5.41, 5.74) is 1.41. The normalized spacial score (nSPS) is 7.21. The van der Waals surface area contributed by atoms with E-state index in [9.17, 15) is 0 Å². The van der Waals surface area contributed by atoms with Gasteiger partial charge in [0, 0.05) is 27.7 Å². The van der Waals surface area contributed by atoms with E-state index in [0.717, 1.165) is 34.1 Å². The molecular formula is C16H26O8. The van der Waals surface area contributed by atoms with Crippen molar-refractivity contribution in [2.24, 2.45) is 0 Å². The van der Waals surface area contributed by atoms with Gasteiger partial charge in [-0.05, 0) is 12.0 Å². The second kappa shape index (κ2) is 22.4. The maximum Gasteiger partial charge on any atom is 0.300 e. The zero-order valence-corrected chi connectivity index (χ0v) is 14.5. The Morgan fingerprint density at radius 1 is 0.667 bits per heavy atom. The summed E-state index contributed by atoms with van der Waals surface area (Å²) in [4.78, 5) is 36.0. The van der Waals surface area contributed by atoms with Crippen molar-refractivity contribution in [3.8, 4) is 0 Å². The van der Waals surface area contributed by atoms with E-state index < -0.39 is 23.9 Å². The Kier molecular flexibility index (Phi) is 27.2. The van der Waals surface area contributed by atoms with Crippen LogP contribution in [0, 0.1) is 0 Å². The molecule has 1 aromatic rings. The number of carbonyl (C=O) groups is 4. The third-order valence-electron chi connectivity index (χ3n) is 1.25. The number of rotatable bonds is 1. The van der Waals surface area contributed by atoms with Crippen LogP contribution in [0.3, 0.4) is 0 Å². The molecule has 0 amide bonds. The average molecular weight is 346 g/mol. The molecule has 0 heterocycles. The molecule has 1 rings (SSSR count). The molecule has 0 atom stereocenters. The standard InChI is InChI=1S/C8H10.4C2H4O2/c1-2-8-6-4-3-5-7-8;4*1-2(3)4/h3-7H,2H2,1H3;4*1H3,(H,3,4). The van der Waals surface area contributed by atoms with Crippen molar-refractivity contribution >= 4 is 23.9 Å². The Hall–Kier alpha value is -2.90. The molecule has 0 fully saturated rings. The molecule has 138 valence electrons. The second-order valence-electron chi connectivity index (χ2n) is 3.92. The first-order chi connectivity index (χ1) is 10.9. The summed E-state index contributed by atoms with van der Waals surface area (Å²) in [5, 5.41) is 29.7. The average Bonchev–Trinajstić information content (AvgIpc) is 2.37. The molecule has 1 aromatic carbocycles. The maximum absolute atomic E-state index is 9.00. The molecule has 0 aliphatic heterocycles. The smallest absolute Gasteiger partial charge is 0.300 e. The van der Waals surface area contributed by atoms with Crippen molar-refractivity contribution in [2.75, 3.05) is 0 Å². The van der Waals surface area contributed by atoms with Crippen LogP contribution in [0.1, 0.15) is 40.2 Å². The molecule has 24 heavy (non-hydrogen) atoms. The predicted molar refractivity (Wildman–Crippen MR) is 89.1 cm³/mol. The summed E-state index contributed by atoms with van der Waals surface area (Å²) in [6, 6.07) is 10.5. The van der Waals surface area contributed by atoms with Crippen LogP contribution < -0.4 is 0 Å². The molecule has 0 aromatic heterocycles. The summed E-state index contributed by atoms with van der Waals surface area (Å²) < 4.78 is 0. The first-order valence-corrected chi connectivity index (χ1v) is 6.68. The van der Waals surface area contributed by atoms with E-state index in [1.807, 2.05) is 6.07 Å². The Bertz CT molecular complexity index is 390. The summed E-state index contributed by atoms with van der Waals surface area (Å²) in [6.07, 6.45) is 1.14. The van der Waals surface area contributed by atoms with Gasteiger partial charge in [0.15, 0.2) is 0 Å². The van der Waals surface area contributed by atoms with E-state index in [1.54, 1.807) is 0 Å². The van der Waals surface area contributed by atoms with Crippen LogP contribution in [-0.2, 0) is 25.6 Å². The third-order valence-corrected chi connectivity index (χ3v) is 1.25. The monoisotopic (exact) mass is 346 g/mol. The van der Waals surface area contributed by atoms with Gasteiger partial charge >= 0.3 is 0 Å². The summed E-state index contributed by atoms with van der Waals surface area (Å²) in [6.45, 7) is 6.50. The van der Waals surface area contributed by atoms with Crippen molar-refractivity contribution in [1.29, 1.82) is 0 Å². The lowest BCUT2D eigenvalue weighted by Gasteiger charge is -1.89. The van der Waals surface area contributed by atoms with Gasteiger partial charge in [-0.15, -0.1) is 0 Å². The van der Waals surface area contributed by atoms with Crippen LogP contribution in [0.5, 0.6) is 0 Å². The first kappa shape index (κ1) is 29.2. The van der Waals surface area contributed by atoms with Crippen LogP contribution in [0.15, 0.2) is 30.3 Å². The minimum Gasteiger partial charge on any atom is -0.481 e. The lowest BCUT2D eigenvalue weighted by Crippen LogP contribution is -1.78. The SMILES string of the molecule is CC(=O)O.CC(=O)O.CC(=O)O.CC(=O)O.CCc1ccccc1. The van der Waals surface area contributed by atoms with Crippen molar-refractivity contribution in [3.05, 3.63) is 35.9 Å². The minimum atomic E-state index is -0.833. The fourth-order valence-electron chi connectivity index (χ4n) is 0.714. The van der Waals surface area contributed by atoms with Gasteiger partial charge in [0.2, 0.25) is 0 Å². The Morgan fingerprint density at radius 3 is 1.00 bits per heavy atom. The molecule has 0 unspecified atom stereocenters. The van der Waals surface area contributed by atoms with Crippen LogP contribution in [0.25, 0.3) is 0 Å². The maximum atomic E-state index is 9.00. The van der Waals surface area contributed by atoms with Crippen molar-refractivity contribution in [2.45, 2.75) is 41.0 Å². The number of aliphatic carboxylic acids is 4.